The summed E-state index contributed by atoms with van der Waals surface area (Å²) in [4.78, 5) is 24.7. The van der Waals surface area contributed by atoms with Crippen molar-refractivity contribution < 1.29 is 22.7 Å². The number of benzene rings is 2. The molecule has 1 heterocycles. The highest BCUT2D eigenvalue weighted by molar-refractivity contribution is 7.92. The number of nitrogens with zero attached hydrogens (tertiary/aromatic N) is 2. The Kier molecular flexibility index (Phi) is 7.62. The number of Topliss-reactive ketones (excluding diaryl/α,β-unsaturated/α-hetero) is 1. The monoisotopic (exact) mass is 488 g/mol. The lowest BCUT2D eigenvalue weighted by atomic mass is 10.0. The van der Waals surface area contributed by atoms with Gasteiger partial charge in [0.2, 0.25) is 5.91 Å². The fourth-order valence-electron chi connectivity index (χ4n) is 2.91. The van der Waals surface area contributed by atoms with Gasteiger partial charge in [-0.2, -0.15) is 0 Å². The SMILES string of the molecule is COc1ccc(C)cc1C(=O)CCC(=O)Nc1ccc(S(=O)(=O)Nc2ccc(Cl)nn2)cc1. The Morgan fingerprint density at radius 3 is 2.36 bits per heavy atom. The lowest BCUT2D eigenvalue weighted by Gasteiger charge is -2.10. The quantitative estimate of drug-likeness (QED) is 0.438. The Bertz CT molecular complexity index is 1260. The first-order chi connectivity index (χ1) is 15.7. The summed E-state index contributed by atoms with van der Waals surface area (Å²) < 4.78 is 32.4. The largest absolute Gasteiger partial charge is 0.496 e. The van der Waals surface area contributed by atoms with Gasteiger partial charge in [0.15, 0.2) is 16.8 Å². The van der Waals surface area contributed by atoms with Gasteiger partial charge < -0.3 is 10.1 Å². The molecule has 9 nitrogen and oxygen atoms in total. The van der Waals surface area contributed by atoms with Crippen LogP contribution in [0.25, 0.3) is 0 Å². The Balaban J connectivity index is 1.58. The molecule has 0 bridgehead atoms. The number of ketones is 1. The maximum Gasteiger partial charge on any atom is 0.263 e. The molecule has 2 aromatic carbocycles. The summed E-state index contributed by atoms with van der Waals surface area (Å²) in [6.45, 7) is 1.87. The second kappa shape index (κ2) is 10.4. The van der Waals surface area contributed by atoms with E-state index >= 15 is 0 Å². The molecule has 0 aliphatic heterocycles. The molecule has 0 spiro atoms. The van der Waals surface area contributed by atoms with Gasteiger partial charge >= 0.3 is 0 Å². The molecule has 0 aliphatic rings. The van der Waals surface area contributed by atoms with Crippen molar-refractivity contribution in [2.45, 2.75) is 24.7 Å². The first-order valence-electron chi connectivity index (χ1n) is 9.78. The molecule has 3 aromatic rings. The minimum absolute atomic E-state index is 0.00412. The van der Waals surface area contributed by atoms with Crippen LogP contribution in [0.5, 0.6) is 5.75 Å². The number of hydrogen-bond acceptors (Lipinski definition) is 7. The van der Waals surface area contributed by atoms with E-state index in [4.69, 9.17) is 16.3 Å². The summed E-state index contributed by atoms with van der Waals surface area (Å²) in [5.41, 5.74) is 1.74. The molecule has 0 aliphatic carbocycles. The minimum atomic E-state index is -3.90. The van der Waals surface area contributed by atoms with Gasteiger partial charge in [-0.25, -0.2) is 8.42 Å². The van der Waals surface area contributed by atoms with Crippen molar-refractivity contribution in [1.29, 1.82) is 0 Å². The predicted octanol–water partition coefficient (Wildman–Crippen LogP) is 3.85. The zero-order valence-electron chi connectivity index (χ0n) is 17.8. The summed E-state index contributed by atoms with van der Waals surface area (Å²) >= 11 is 5.64. The van der Waals surface area contributed by atoms with Crippen LogP contribution in [0.2, 0.25) is 5.15 Å². The molecular formula is C22H21ClN4O5S. The van der Waals surface area contributed by atoms with E-state index in [-0.39, 0.29) is 40.4 Å². The molecule has 1 aromatic heterocycles. The second-order valence-corrected chi connectivity index (χ2v) is 9.12. The summed E-state index contributed by atoms with van der Waals surface area (Å²) in [6.07, 6.45) is -0.0308. The van der Waals surface area contributed by atoms with Crippen LogP contribution in [-0.4, -0.2) is 37.4 Å². The first-order valence-corrected chi connectivity index (χ1v) is 11.6. The van der Waals surface area contributed by atoms with Gasteiger partial charge in [-0.3, -0.25) is 14.3 Å². The molecule has 3 rings (SSSR count). The van der Waals surface area contributed by atoms with Crippen LogP contribution in [0.15, 0.2) is 59.5 Å². The number of aromatic nitrogens is 2. The van der Waals surface area contributed by atoms with E-state index in [1.807, 2.05) is 13.0 Å². The van der Waals surface area contributed by atoms with Crippen molar-refractivity contribution in [3.63, 3.8) is 0 Å². The van der Waals surface area contributed by atoms with Crippen molar-refractivity contribution in [3.8, 4) is 5.75 Å². The summed E-state index contributed by atoms with van der Waals surface area (Å²) in [6, 6.07) is 13.6. The molecule has 0 fully saturated rings. The third kappa shape index (κ3) is 6.50. The summed E-state index contributed by atoms with van der Waals surface area (Å²) in [5.74, 6) is -0.101. The van der Waals surface area contributed by atoms with Crippen LogP contribution in [0.3, 0.4) is 0 Å². The second-order valence-electron chi connectivity index (χ2n) is 7.05. The van der Waals surface area contributed by atoms with Crippen molar-refractivity contribution in [1.82, 2.24) is 10.2 Å². The zero-order valence-corrected chi connectivity index (χ0v) is 19.4. The van der Waals surface area contributed by atoms with E-state index in [1.54, 1.807) is 12.1 Å². The maximum atomic E-state index is 12.5. The highest BCUT2D eigenvalue weighted by Gasteiger charge is 2.17. The number of sulfonamides is 1. The average molecular weight is 489 g/mol. The lowest BCUT2D eigenvalue weighted by molar-refractivity contribution is -0.116. The summed E-state index contributed by atoms with van der Waals surface area (Å²) in [5, 5.41) is 10.0. The third-order valence-electron chi connectivity index (χ3n) is 4.55. The highest BCUT2D eigenvalue weighted by Crippen LogP contribution is 2.22. The van der Waals surface area contributed by atoms with Gasteiger partial charge in [0.25, 0.3) is 10.0 Å². The number of ether oxygens (including phenoxy) is 1. The number of halogens is 1. The molecule has 33 heavy (non-hydrogen) atoms. The number of aryl methyl sites for hydroxylation is 1. The predicted molar refractivity (Wildman–Crippen MR) is 124 cm³/mol. The van der Waals surface area contributed by atoms with Gasteiger partial charge in [-0.15, -0.1) is 10.2 Å². The molecule has 0 radical (unpaired) electrons. The molecule has 1 amide bonds. The van der Waals surface area contributed by atoms with Crippen molar-refractivity contribution >= 4 is 44.8 Å². The number of rotatable bonds is 9. The van der Waals surface area contributed by atoms with Gasteiger partial charge in [-0.05, 0) is 55.5 Å². The van der Waals surface area contributed by atoms with Crippen molar-refractivity contribution in [3.05, 3.63) is 70.9 Å². The Hall–Kier alpha value is -3.50. The van der Waals surface area contributed by atoms with Crippen LogP contribution in [0.4, 0.5) is 11.5 Å². The number of carbonyl (C=O) groups is 2. The molecule has 11 heteroatoms. The fraction of sp³-hybridized carbons (Fsp3) is 0.182. The smallest absolute Gasteiger partial charge is 0.263 e. The van der Waals surface area contributed by atoms with E-state index in [9.17, 15) is 18.0 Å². The third-order valence-corrected chi connectivity index (χ3v) is 6.13. The maximum absolute atomic E-state index is 12.5. The summed E-state index contributed by atoms with van der Waals surface area (Å²) in [7, 11) is -2.42. The van der Waals surface area contributed by atoms with E-state index in [0.29, 0.717) is 17.0 Å². The molecule has 2 N–H and O–H groups in total. The molecule has 0 saturated carbocycles. The van der Waals surface area contributed by atoms with Crippen LogP contribution < -0.4 is 14.8 Å². The lowest BCUT2D eigenvalue weighted by Crippen LogP contribution is -2.15. The van der Waals surface area contributed by atoms with Gasteiger partial charge in [0, 0.05) is 18.5 Å². The average Bonchev–Trinajstić information content (AvgIpc) is 2.79. The number of amides is 1. The standard InChI is InChI=1S/C22H21ClN4O5S/c1-14-3-9-19(32-2)17(13-14)18(28)8-12-22(29)24-15-4-6-16(7-5-15)33(30,31)27-21-11-10-20(23)25-26-21/h3-7,9-11,13H,8,12H2,1-2H3,(H,24,29)(H,26,27). The van der Waals surface area contributed by atoms with Gasteiger partial charge in [-0.1, -0.05) is 23.2 Å². The van der Waals surface area contributed by atoms with Crippen LogP contribution in [-0.2, 0) is 14.8 Å². The van der Waals surface area contributed by atoms with E-state index < -0.39 is 10.0 Å². The van der Waals surface area contributed by atoms with Crippen LogP contribution in [0.1, 0.15) is 28.8 Å². The fourth-order valence-corrected chi connectivity index (χ4v) is 4.01. The van der Waals surface area contributed by atoms with Crippen molar-refractivity contribution in [2.24, 2.45) is 0 Å². The Labute approximate surface area is 196 Å². The molecule has 0 saturated heterocycles. The Morgan fingerprint density at radius 2 is 1.73 bits per heavy atom. The minimum Gasteiger partial charge on any atom is -0.496 e. The highest BCUT2D eigenvalue weighted by atomic mass is 35.5. The number of anilines is 2. The van der Waals surface area contributed by atoms with Crippen molar-refractivity contribution in [2.75, 3.05) is 17.1 Å². The molecule has 0 atom stereocenters. The number of carbonyl (C=O) groups excluding carboxylic acids is 2. The first kappa shape index (κ1) is 24.1. The molecular weight excluding hydrogens is 468 g/mol. The zero-order chi connectivity index (χ0) is 24.0. The molecule has 172 valence electrons. The van der Waals surface area contributed by atoms with E-state index in [1.165, 1.54) is 43.5 Å². The normalized spacial score (nSPS) is 11.0. The number of hydrogen-bond donors (Lipinski definition) is 2. The topological polar surface area (TPSA) is 127 Å². The number of nitrogens with one attached hydrogen (secondary N) is 2. The molecule has 0 unspecified atom stereocenters. The van der Waals surface area contributed by atoms with Gasteiger partial charge in [0.1, 0.15) is 5.75 Å². The van der Waals surface area contributed by atoms with E-state index in [2.05, 4.69) is 20.2 Å². The van der Waals surface area contributed by atoms with Gasteiger partial charge in [0.05, 0.1) is 17.6 Å². The van der Waals surface area contributed by atoms with Crippen LogP contribution >= 0.6 is 11.6 Å². The number of methoxy groups -OCH3 is 1. The van der Waals surface area contributed by atoms with E-state index in [0.717, 1.165) is 5.56 Å². The van der Waals surface area contributed by atoms with Crippen LogP contribution in [0, 0.1) is 6.92 Å². The Morgan fingerprint density at radius 1 is 1.00 bits per heavy atom.